The molecule has 0 rings (SSSR count). The molecule has 0 amide bonds. The Morgan fingerprint density at radius 2 is 2.20 bits per heavy atom. The molecule has 0 nitrogen and oxygen atoms in total. The van der Waals surface area contributed by atoms with Crippen LogP contribution in [0.5, 0.6) is 0 Å². The Kier molecular flexibility index (Phi) is 3.80. The normalized spacial score (nSPS) is 14.0. The maximum absolute atomic E-state index is 5.47. The van der Waals surface area contributed by atoms with Crippen LogP contribution in [0.1, 0.15) is 0 Å². The summed E-state index contributed by atoms with van der Waals surface area (Å²) < 4.78 is 0. The Morgan fingerprint density at radius 3 is 2.20 bits per heavy atom. The summed E-state index contributed by atoms with van der Waals surface area (Å²) in [5.41, 5.74) is 0.864. The summed E-state index contributed by atoms with van der Waals surface area (Å²) in [4.78, 5) is 0. The molecule has 0 aliphatic rings. The van der Waals surface area contributed by atoms with Gasteiger partial charge in [-0.15, -0.1) is 6.58 Å². The highest BCUT2D eigenvalue weighted by Crippen LogP contribution is 1.97. The SMILES string of the molecule is C=C[SiH](Cl)I. The topological polar surface area (TPSA) is 0 Å². The molecule has 0 aliphatic heterocycles. The first-order valence-corrected chi connectivity index (χ1v) is 7.76. The van der Waals surface area contributed by atoms with Crippen LogP contribution >= 0.6 is 32.9 Å². The Morgan fingerprint density at radius 1 is 2.00 bits per heavy atom. The van der Waals surface area contributed by atoms with Crippen LogP contribution in [0.25, 0.3) is 0 Å². The average molecular weight is 218 g/mol. The highest BCUT2D eigenvalue weighted by Gasteiger charge is 1.85. The second-order valence-corrected chi connectivity index (χ2v) is 9.36. The van der Waals surface area contributed by atoms with Gasteiger partial charge in [0.1, 0.15) is 0 Å². The fourth-order valence-electron chi connectivity index (χ4n) is 0. The van der Waals surface area contributed by atoms with E-state index in [0.29, 0.717) is 0 Å². The first-order chi connectivity index (χ1) is 2.27. The second-order valence-electron chi connectivity index (χ2n) is 0.570. The number of hydrogen-bond donors (Lipinski definition) is 0. The van der Waals surface area contributed by atoms with E-state index < -0.39 is 5.60 Å². The van der Waals surface area contributed by atoms with E-state index in [1.807, 2.05) is 5.70 Å². The van der Waals surface area contributed by atoms with Gasteiger partial charge in [-0.2, -0.15) is 11.1 Å². The molecule has 1 atom stereocenters. The Bertz CT molecular complexity index is 36.6. The standard InChI is InChI=1S/C2H4ClISi/c1-2-5(3)4/h2,5H,1H2. The Labute approximate surface area is 50.7 Å². The van der Waals surface area contributed by atoms with Crippen molar-refractivity contribution in [3.63, 3.8) is 0 Å². The van der Waals surface area contributed by atoms with Gasteiger partial charge in [-0.05, 0) is 0 Å². The summed E-state index contributed by atoms with van der Waals surface area (Å²) in [6.07, 6.45) is 0. The van der Waals surface area contributed by atoms with E-state index >= 15 is 0 Å². The molecule has 1 unspecified atom stereocenters. The summed E-state index contributed by atoms with van der Waals surface area (Å²) in [7, 11) is 0. The minimum atomic E-state index is -0.944. The van der Waals surface area contributed by atoms with Crippen molar-refractivity contribution in [1.29, 1.82) is 0 Å². The summed E-state index contributed by atoms with van der Waals surface area (Å²) in [6, 6.07) is 0. The molecule has 0 aromatic rings. The third-order valence-electron chi connectivity index (χ3n) is 0.178. The van der Waals surface area contributed by atoms with Crippen molar-refractivity contribution in [3.05, 3.63) is 12.3 Å². The van der Waals surface area contributed by atoms with Crippen LogP contribution in [0.2, 0.25) is 0 Å². The van der Waals surface area contributed by atoms with Crippen molar-refractivity contribution in [2.75, 3.05) is 0 Å². The molecule has 0 saturated heterocycles. The van der Waals surface area contributed by atoms with Gasteiger partial charge in [-0.1, -0.05) is 27.5 Å². The van der Waals surface area contributed by atoms with E-state index in [-0.39, 0.29) is 0 Å². The molecular weight excluding hydrogens is 214 g/mol. The molecule has 5 heavy (non-hydrogen) atoms. The summed E-state index contributed by atoms with van der Waals surface area (Å²) in [5.74, 6) is 0. The van der Waals surface area contributed by atoms with E-state index in [2.05, 4.69) is 28.4 Å². The molecule has 0 aliphatic carbocycles. The monoisotopic (exact) mass is 218 g/mol. The zero-order chi connectivity index (χ0) is 4.28. The van der Waals surface area contributed by atoms with Crippen molar-refractivity contribution in [3.8, 4) is 0 Å². The highest BCUT2D eigenvalue weighted by atomic mass is 127. The van der Waals surface area contributed by atoms with Crippen molar-refractivity contribution in [1.82, 2.24) is 0 Å². The minimum Gasteiger partial charge on any atom is -0.152 e. The lowest BCUT2D eigenvalue weighted by atomic mass is 11.3. The van der Waals surface area contributed by atoms with Crippen molar-refractivity contribution in [2.45, 2.75) is 0 Å². The zero-order valence-corrected chi connectivity index (χ0v) is 6.69. The van der Waals surface area contributed by atoms with Gasteiger partial charge in [0.2, 0.25) is 5.60 Å². The molecule has 0 bridgehead atoms. The highest BCUT2D eigenvalue weighted by molar-refractivity contribution is 14.1. The van der Waals surface area contributed by atoms with Gasteiger partial charge >= 0.3 is 0 Å². The summed E-state index contributed by atoms with van der Waals surface area (Å²) in [6.45, 7) is 3.48. The van der Waals surface area contributed by atoms with Gasteiger partial charge in [0.25, 0.3) is 0 Å². The predicted molar refractivity (Wildman–Crippen MR) is 37.2 cm³/mol. The van der Waals surface area contributed by atoms with Gasteiger partial charge < -0.3 is 0 Å². The predicted octanol–water partition coefficient (Wildman–Crippen LogP) is 1.61. The largest absolute Gasteiger partial charge is 0.229 e. The van der Waals surface area contributed by atoms with E-state index in [1.54, 1.807) is 0 Å². The van der Waals surface area contributed by atoms with Gasteiger partial charge in [0, 0.05) is 0 Å². The number of rotatable bonds is 1. The summed E-state index contributed by atoms with van der Waals surface area (Å²) in [5, 5.41) is 0. The van der Waals surface area contributed by atoms with Crippen LogP contribution in [0.4, 0.5) is 0 Å². The smallest absolute Gasteiger partial charge is 0.152 e. The van der Waals surface area contributed by atoms with Crippen LogP contribution in [-0.4, -0.2) is 5.60 Å². The van der Waals surface area contributed by atoms with Crippen LogP contribution in [0, 0.1) is 0 Å². The molecule has 0 aromatic heterocycles. The minimum absolute atomic E-state index is 0.944. The first-order valence-electron chi connectivity index (χ1n) is 1.18. The molecule has 0 saturated carbocycles. The van der Waals surface area contributed by atoms with Crippen LogP contribution in [0.15, 0.2) is 12.3 Å². The quantitative estimate of drug-likeness (QED) is 0.356. The number of hydrogen-bond acceptors (Lipinski definition) is 0. The summed E-state index contributed by atoms with van der Waals surface area (Å²) >= 11 is 7.66. The maximum Gasteiger partial charge on any atom is 0.229 e. The average Bonchev–Trinajstić information content (AvgIpc) is 1.38. The van der Waals surface area contributed by atoms with Gasteiger partial charge in [0.15, 0.2) is 0 Å². The lowest BCUT2D eigenvalue weighted by Crippen LogP contribution is -1.77. The molecule has 0 spiro atoms. The lowest BCUT2D eigenvalue weighted by Gasteiger charge is -1.74. The molecule has 30 valence electrons. The van der Waals surface area contributed by atoms with Crippen molar-refractivity contribution < 1.29 is 0 Å². The number of halogens is 2. The molecule has 0 N–H and O–H groups in total. The van der Waals surface area contributed by atoms with E-state index in [1.165, 1.54) is 0 Å². The zero-order valence-electron chi connectivity index (χ0n) is 2.62. The van der Waals surface area contributed by atoms with Crippen LogP contribution in [0.3, 0.4) is 0 Å². The molecule has 3 heteroatoms. The van der Waals surface area contributed by atoms with Crippen molar-refractivity contribution >= 4 is 38.5 Å². The fraction of sp³-hybridized carbons (Fsp3) is 0. The Balaban J connectivity index is 2.83. The van der Waals surface area contributed by atoms with Crippen molar-refractivity contribution in [2.24, 2.45) is 0 Å². The van der Waals surface area contributed by atoms with Gasteiger partial charge in [0.05, 0.1) is 0 Å². The van der Waals surface area contributed by atoms with Gasteiger partial charge in [-0.3, -0.25) is 0 Å². The van der Waals surface area contributed by atoms with E-state index in [9.17, 15) is 0 Å². The lowest BCUT2D eigenvalue weighted by molar-refractivity contribution is 2.60. The maximum atomic E-state index is 5.47. The van der Waals surface area contributed by atoms with Crippen LogP contribution in [-0.2, 0) is 0 Å². The first kappa shape index (κ1) is 5.98. The second kappa shape index (κ2) is 3.18. The fourth-order valence-corrected chi connectivity index (χ4v) is 0. The third-order valence-corrected chi connectivity index (χ3v) is 2.59. The van der Waals surface area contributed by atoms with E-state index in [0.717, 1.165) is 0 Å². The Hall–Kier alpha value is 0.977. The third kappa shape index (κ3) is 4.98. The molecular formula is C2H4ClISi. The molecule has 0 radical (unpaired) electrons. The molecule has 0 aromatic carbocycles. The van der Waals surface area contributed by atoms with Gasteiger partial charge in [-0.25, -0.2) is 0 Å². The van der Waals surface area contributed by atoms with E-state index in [4.69, 9.17) is 11.1 Å². The molecule has 0 heterocycles. The van der Waals surface area contributed by atoms with Crippen LogP contribution < -0.4 is 0 Å². The molecule has 0 fully saturated rings.